The van der Waals surface area contributed by atoms with Gasteiger partial charge in [-0.1, -0.05) is 23.9 Å². The molecule has 0 bridgehead atoms. The zero-order valence-corrected chi connectivity index (χ0v) is 19.4. The second-order valence-electron chi connectivity index (χ2n) is 5.91. The molecule has 3 rings (SSSR count). The zero-order valence-electron chi connectivity index (χ0n) is 16.1. The van der Waals surface area contributed by atoms with E-state index in [0.717, 1.165) is 24.6 Å². The molecule has 1 unspecified atom stereocenters. The van der Waals surface area contributed by atoms with Crippen LogP contribution in [-0.2, 0) is 4.79 Å². The van der Waals surface area contributed by atoms with Crippen molar-refractivity contribution in [2.75, 3.05) is 13.7 Å². The lowest BCUT2D eigenvalue weighted by molar-refractivity contribution is -0.120. The quantitative estimate of drug-likeness (QED) is 0.268. The van der Waals surface area contributed by atoms with E-state index in [9.17, 15) is 4.79 Å². The van der Waals surface area contributed by atoms with Crippen LogP contribution in [0.25, 0.3) is 10.2 Å². The van der Waals surface area contributed by atoms with Gasteiger partial charge in [0.05, 0.1) is 39.9 Å². The molecule has 0 aliphatic carbocycles. The number of benzene rings is 2. The Balaban J connectivity index is 1.62. The number of carbonyl (C=O) groups excluding carboxylic acids is 1. The number of thiazole rings is 1. The summed E-state index contributed by atoms with van der Waals surface area (Å²) in [7, 11) is 1.58. The van der Waals surface area contributed by atoms with Crippen molar-refractivity contribution in [2.24, 2.45) is 5.10 Å². The van der Waals surface area contributed by atoms with E-state index in [1.54, 1.807) is 30.7 Å². The van der Waals surface area contributed by atoms with Crippen LogP contribution < -0.4 is 14.9 Å². The minimum atomic E-state index is -0.325. The zero-order chi connectivity index (χ0) is 20.8. The molecule has 3 aromatic rings. The Morgan fingerprint density at radius 3 is 2.93 bits per heavy atom. The van der Waals surface area contributed by atoms with Crippen LogP contribution in [0.15, 0.2) is 50.3 Å². The molecule has 1 N–H and O–H groups in total. The standard InChI is InChI=1S/C20H20BrN3O3S2/c1-4-27-18-14(21)9-13(10-16(18)26-3)11-22-24-19(25)12(2)28-20-23-15-7-5-6-8-17(15)29-20/h5-12H,4H2,1-3H3,(H,24,25). The maximum Gasteiger partial charge on any atom is 0.253 e. The predicted molar refractivity (Wildman–Crippen MR) is 123 cm³/mol. The number of aromatic nitrogens is 1. The van der Waals surface area contributed by atoms with Crippen molar-refractivity contribution in [1.82, 2.24) is 10.4 Å². The van der Waals surface area contributed by atoms with Crippen LogP contribution in [0.3, 0.4) is 0 Å². The molecule has 152 valence electrons. The van der Waals surface area contributed by atoms with E-state index >= 15 is 0 Å². The first-order valence-electron chi connectivity index (χ1n) is 8.87. The number of halogens is 1. The highest BCUT2D eigenvalue weighted by molar-refractivity contribution is 9.10. The number of amides is 1. The van der Waals surface area contributed by atoms with Gasteiger partial charge in [0, 0.05) is 0 Å². The summed E-state index contributed by atoms with van der Waals surface area (Å²) < 4.78 is 13.7. The van der Waals surface area contributed by atoms with Gasteiger partial charge in [0.15, 0.2) is 15.8 Å². The van der Waals surface area contributed by atoms with Gasteiger partial charge in [0.25, 0.3) is 5.91 Å². The number of nitrogens with zero attached hydrogens (tertiary/aromatic N) is 2. The lowest BCUT2D eigenvalue weighted by atomic mass is 10.2. The van der Waals surface area contributed by atoms with Gasteiger partial charge in [0.2, 0.25) is 0 Å². The summed E-state index contributed by atoms with van der Waals surface area (Å²) in [4.78, 5) is 16.9. The summed E-state index contributed by atoms with van der Waals surface area (Å²) >= 11 is 6.47. The summed E-state index contributed by atoms with van der Waals surface area (Å²) in [5.41, 5.74) is 4.29. The Labute approximate surface area is 185 Å². The average Bonchev–Trinajstić information content (AvgIpc) is 3.11. The number of fused-ring (bicyclic) bond motifs is 1. The second kappa shape index (κ2) is 10.1. The van der Waals surface area contributed by atoms with Gasteiger partial charge in [-0.15, -0.1) is 11.3 Å². The number of hydrazone groups is 1. The predicted octanol–water partition coefficient (Wildman–Crippen LogP) is 5.10. The minimum absolute atomic E-state index is 0.192. The average molecular weight is 494 g/mol. The van der Waals surface area contributed by atoms with Gasteiger partial charge in [0.1, 0.15) is 0 Å². The van der Waals surface area contributed by atoms with E-state index in [4.69, 9.17) is 9.47 Å². The molecular formula is C20H20BrN3O3S2. The maximum atomic E-state index is 12.4. The fourth-order valence-electron chi connectivity index (χ4n) is 2.47. The number of thioether (sulfide) groups is 1. The number of methoxy groups -OCH3 is 1. The Bertz CT molecular complexity index is 1010. The summed E-state index contributed by atoms with van der Waals surface area (Å²) in [6.07, 6.45) is 1.57. The third kappa shape index (κ3) is 5.49. The summed E-state index contributed by atoms with van der Waals surface area (Å²) in [6, 6.07) is 11.6. The normalized spacial score (nSPS) is 12.3. The molecular weight excluding hydrogens is 474 g/mol. The Hall–Kier alpha value is -2.10. The van der Waals surface area contributed by atoms with Crippen molar-refractivity contribution in [3.63, 3.8) is 0 Å². The molecule has 0 aliphatic heterocycles. The molecule has 0 saturated heterocycles. The van der Waals surface area contributed by atoms with Crippen molar-refractivity contribution < 1.29 is 14.3 Å². The van der Waals surface area contributed by atoms with Gasteiger partial charge < -0.3 is 9.47 Å². The third-order valence-corrected chi connectivity index (χ3v) is 6.67. The van der Waals surface area contributed by atoms with Crippen molar-refractivity contribution in [3.05, 3.63) is 46.4 Å². The molecule has 1 atom stereocenters. The molecule has 0 saturated carbocycles. The highest BCUT2D eigenvalue weighted by atomic mass is 79.9. The molecule has 0 fully saturated rings. The monoisotopic (exact) mass is 493 g/mol. The van der Waals surface area contributed by atoms with E-state index in [-0.39, 0.29) is 11.2 Å². The number of rotatable bonds is 8. The lowest BCUT2D eigenvalue weighted by Gasteiger charge is -2.12. The fraction of sp³-hybridized carbons (Fsp3) is 0.250. The highest BCUT2D eigenvalue weighted by Gasteiger charge is 2.16. The van der Waals surface area contributed by atoms with Gasteiger partial charge in [-0.25, -0.2) is 10.4 Å². The van der Waals surface area contributed by atoms with E-state index in [1.165, 1.54) is 11.8 Å². The number of hydrogen-bond acceptors (Lipinski definition) is 7. The van der Waals surface area contributed by atoms with Crippen molar-refractivity contribution in [3.8, 4) is 11.5 Å². The van der Waals surface area contributed by atoms with E-state index in [1.807, 2.05) is 44.2 Å². The second-order valence-corrected chi connectivity index (χ2v) is 9.38. The molecule has 0 aliphatic rings. The fourth-order valence-corrected chi connectivity index (χ4v) is 5.25. The smallest absolute Gasteiger partial charge is 0.253 e. The van der Waals surface area contributed by atoms with Crippen molar-refractivity contribution in [1.29, 1.82) is 0 Å². The molecule has 29 heavy (non-hydrogen) atoms. The summed E-state index contributed by atoms with van der Waals surface area (Å²) in [6.45, 7) is 4.27. The number of ether oxygens (including phenoxy) is 2. The first-order chi connectivity index (χ1) is 14.0. The molecule has 1 heterocycles. The molecule has 0 radical (unpaired) electrons. The molecule has 2 aromatic carbocycles. The number of nitrogens with one attached hydrogen (secondary N) is 1. The maximum absolute atomic E-state index is 12.4. The third-order valence-electron chi connectivity index (χ3n) is 3.85. The number of hydrogen-bond donors (Lipinski definition) is 1. The van der Waals surface area contributed by atoms with Crippen LogP contribution in [0.4, 0.5) is 0 Å². The van der Waals surface area contributed by atoms with Gasteiger partial charge in [-0.2, -0.15) is 5.10 Å². The molecule has 0 spiro atoms. The number of carbonyl (C=O) groups is 1. The molecule has 6 nitrogen and oxygen atoms in total. The van der Waals surface area contributed by atoms with Crippen molar-refractivity contribution >= 4 is 61.4 Å². The van der Waals surface area contributed by atoms with Crippen LogP contribution in [0.2, 0.25) is 0 Å². The van der Waals surface area contributed by atoms with Crippen molar-refractivity contribution in [2.45, 2.75) is 23.4 Å². The van der Waals surface area contributed by atoms with Crippen LogP contribution in [0.5, 0.6) is 11.5 Å². The van der Waals surface area contributed by atoms with Gasteiger partial charge >= 0.3 is 0 Å². The van der Waals surface area contributed by atoms with Gasteiger partial charge in [-0.05, 0) is 59.6 Å². The Kier molecular flexibility index (Phi) is 7.51. The molecule has 1 amide bonds. The van der Waals surface area contributed by atoms with Crippen LogP contribution in [0, 0.1) is 0 Å². The minimum Gasteiger partial charge on any atom is -0.493 e. The van der Waals surface area contributed by atoms with E-state index in [2.05, 4.69) is 31.4 Å². The number of para-hydroxylation sites is 1. The Morgan fingerprint density at radius 1 is 1.41 bits per heavy atom. The first-order valence-corrected chi connectivity index (χ1v) is 11.4. The van der Waals surface area contributed by atoms with Gasteiger partial charge in [-0.3, -0.25) is 4.79 Å². The molecule has 1 aromatic heterocycles. The molecule has 9 heteroatoms. The largest absolute Gasteiger partial charge is 0.493 e. The summed E-state index contributed by atoms with van der Waals surface area (Å²) in [5.74, 6) is 1.04. The SMILES string of the molecule is CCOc1c(Br)cc(C=NNC(=O)C(C)Sc2nc3ccccc3s2)cc1OC. The summed E-state index contributed by atoms with van der Waals surface area (Å²) in [5, 5.41) is 3.74. The van der Waals surface area contributed by atoms with Crippen LogP contribution >= 0.6 is 39.0 Å². The Morgan fingerprint density at radius 2 is 2.21 bits per heavy atom. The first kappa shape index (κ1) is 21.6. The highest BCUT2D eigenvalue weighted by Crippen LogP contribution is 2.36. The van der Waals surface area contributed by atoms with E-state index < -0.39 is 0 Å². The topological polar surface area (TPSA) is 72.8 Å². The van der Waals surface area contributed by atoms with Crippen LogP contribution in [0.1, 0.15) is 19.4 Å². The lowest BCUT2D eigenvalue weighted by Crippen LogP contribution is -2.26. The van der Waals surface area contributed by atoms with Crippen LogP contribution in [-0.4, -0.2) is 36.1 Å². The van der Waals surface area contributed by atoms with E-state index in [0.29, 0.717) is 18.1 Å².